The minimum absolute atomic E-state index is 0.0478. The molecule has 0 spiro atoms. The minimum atomic E-state index is -1.92. The molecule has 1 N–H and O–H groups in total. The highest BCUT2D eigenvalue weighted by atomic mass is 16.6. The van der Waals surface area contributed by atoms with E-state index in [1.807, 2.05) is 0 Å². The smallest absolute Gasteiger partial charge is 0.354 e. The van der Waals surface area contributed by atoms with E-state index in [-0.39, 0.29) is 23.4 Å². The zero-order chi connectivity index (χ0) is 19.6. The van der Waals surface area contributed by atoms with E-state index in [2.05, 4.69) is 9.84 Å². The molecule has 1 atom stereocenters. The fourth-order valence-electron chi connectivity index (χ4n) is 2.80. The van der Waals surface area contributed by atoms with Gasteiger partial charge in [-0.05, 0) is 6.07 Å². The number of nitro benzene ring substituents is 1. The van der Waals surface area contributed by atoms with Crippen molar-refractivity contribution in [2.45, 2.75) is 12.1 Å². The van der Waals surface area contributed by atoms with Gasteiger partial charge in [0.2, 0.25) is 0 Å². The Kier molecular flexibility index (Phi) is 4.70. The maximum absolute atomic E-state index is 13.0. The number of hydrogen-bond acceptors (Lipinski definition) is 7. The lowest BCUT2D eigenvalue weighted by Gasteiger charge is -2.31. The zero-order valence-electron chi connectivity index (χ0n) is 14.2. The maximum Gasteiger partial charge on any atom is 0.354 e. The average molecular weight is 369 g/mol. The SMILES string of the molecule is COC(=O)C1=NN(C(=O)c2cccc([N+](=O)[O-])c2)[C@](O)(c2ccccc2)C1. The Morgan fingerprint density at radius 3 is 2.56 bits per heavy atom. The Hall–Kier alpha value is -3.59. The molecule has 1 aliphatic rings. The number of carbonyl (C=O) groups is 2. The number of hydrazone groups is 1. The quantitative estimate of drug-likeness (QED) is 0.498. The first kappa shape index (κ1) is 18.2. The van der Waals surface area contributed by atoms with Crippen LogP contribution in [0, 0.1) is 10.1 Å². The van der Waals surface area contributed by atoms with Crippen LogP contribution in [0.1, 0.15) is 22.3 Å². The van der Waals surface area contributed by atoms with Crippen LogP contribution in [0.5, 0.6) is 0 Å². The van der Waals surface area contributed by atoms with Gasteiger partial charge in [0, 0.05) is 23.3 Å². The van der Waals surface area contributed by atoms with E-state index in [1.165, 1.54) is 18.2 Å². The molecule has 1 aliphatic heterocycles. The normalized spacial score (nSPS) is 18.7. The molecule has 1 amide bonds. The molecule has 9 nitrogen and oxygen atoms in total. The first-order valence-corrected chi connectivity index (χ1v) is 7.89. The molecule has 0 fully saturated rings. The lowest BCUT2D eigenvalue weighted by molar-refractivity contribution is -0.384. The molecule has 1 heterocycles. The number of methoxy groups -OCH3 is 1. The van der Waals surface area contributed by atoms with Crippen LogP contribution in [-0.2, 0) is 15.3 Å². The first-order chi connectivity index (χ1) is 12.9. The topological polar surface area (TPSA) is 122 Å². The molecule has 2 aromatic carbocycles. The van der Waals surface area contributed by atoms with Crippen LogP contribution in [-0.4, -0.2) is 39.7 Å². The number of esters is 1. The predicted octanol–water partition coefficient (Wildman–Crippen LogP) is 1.81. The Balaban J connectivity index is 2.06. The largest absolute Gasteiger partial charge is 0.464 e. The van der Waals surface area contributed by atoms with Gasteiger partial charge in [0.25, 0.3) is 11.6 Å². The Bertz CT molecular complexity index is 943. The van der Waals surface area contributed by atoms with Gasteiger partial charge < -0.3 is 9.84 Å². The fraction of sp³-hybridized carbons (Fsp3) is 0.167. The third kappa shape index (κ3) is 3.27. The predicted molar refractivity (Wildman–Crippen MR) is 93.7 cm³/mol. The number of ether oxygens (including phenoxy) is 1. The molecule has 9 heteroatoms. The summed E-state index contributed by atoms with van der Waals surface area (Å²) in [5.41, 5.74) is -2.05. The van der Waals surface area contributed by atoms with Crippen molar-refractivity contribution in [2.24, 2.45) is 5.10 Å². The monoisotopic (exact) mass is 369 g/mol. The molecule has 0 unspecified atom stereocenters. The number of aliphatic hydroxyl groups is 1. The third-order valence-electron chi connectivity index (χ3n) is 4.14. The van der Waals surface area contributed by atoms with Crippen molar-refractivity contribution in [3.8, 4) is 0 Å². The van der Waals surface area contributed by atoms with Gasteiger partial charge in [-0.1, -0.05) is 36.4 Å². The molecule has 0 saturated carbocycles. The molecule has 0 aromatic heterocycles. The van der Waals surface area contributed by atoms with Gasteiger partial charge in [-0.3, -0.25) is 14.9 Å². The third-order valence-corrected chi connectivity index (χ3v) is 4.14. The summed E-state index contributed by atoms with van der Waals surface area (Å²) in [5.74, 6) is -1.57. The summed E-state index contributed by atoms with van der Waals surface area (Å²) >= 11 is 0. The van der Waals surface area contributed by atoms with E-state index >= 15 is 0 Å². The summed E-state index contributed by atoms with van der Waals surface area (Å²) in [6.45, 7) is 0. The van der Waals surface area contributed by atoms with Crippen molar-refractivity contribution in [3.63, 3.8) is 0 Å². The standard InChI is InChI=1S/C18H15N3O6/c1-27-17(23)15-11-18(24,13-7-3-2-4-8-13)20(19-15)16(22)12-6-5-9-14(10-12)21(25)26/h2-10,24H,11H2,1H3/t18-/m1/s1. The van der Waals surface area contributed by atoms with Crippen LogP contribution >= 0.6 is 0 Å². The van der Waals surface area contributed by atoms with Gasteiger partial charge in [0.1, 0.15) is 0 Å². The summed E-state index contributed by atoms with van der Waals surface area (Å²) in [6, 6.07) is 13.3. The Morgan fingerprint density at radius 2 is 1.93 bits per heavy atom. The highest BCUT2D eigenvalue weighted by Gasteiger charge is 2.48. The molecule has 3 rings (SSSR count). The Labute approximate surface area is 153 Å². The summed E-state index contributed by atoms with van der Waals surface area (Å²) in [4.78, 5) is 35.2. The average Bonchev–Trinajstić information content (AvgIpc) is 3.06. The molecule has 0 radical (unpaired) electrons. The van der Waals surface area contributed by atoms with Crippen LogP contribution < -0.4 is 0 Å². The van der Waals surface area contributed by atoms with Crippen molar-refractivity contribution in [1.82, 2.24) is 5.01 Å². The van der Waals surface area contributed by atoms with Gasteiger partial charge >= 0.3 is 5.97 Å². The van der Waals surface area contributed by atoms with Gasteiger partial charge in [-0.25, -0.2) is 4.79 Å². The van der Waals surface area contributed by atoms with E-state index in [9.17, 15) is 24.8 Å². The van der Waals surface area contributed by atoms with Gasteiger partial charge in [0.05, 0.1) is 18.5 Å². The van der Waals surface area contributed by atoms with Gasteiger partial charge in [-0.2, -0.15) is 10.1 Å². The molecule has 138 valence electrons. The van der Waals surface area contributed by atoms with Crippen molar-refractivity contribution in [3.05, 3.63) is 75.8 Å². The number of benzene rings is 2. The molecule has 0 bridgehead atoms. The lowest BCUT2D eigenvalue weighted by atomic mass is 9.97. The van der Waals surface area contributed by atoms with Crippen LogP contribution in [0.2, 0.25) is 0 Å². The number of rotatable bonds is 4. The summed E-state index contributed by atoms with van der Waals surface area (Å²) in [6.07, 6.45) is -0.273. The minimum Gasteiger partial charge on any atom is -0.464 e. The molecule has 0 aliphatic carbocycles. The lowest BCUT2D eigenvalue weighted by Crippen LogP contribution is -2.43. The molecule has 27 heavy (non-hydrogen) atoms. The van der Waals surface area contributed by atoms with E-state index < -0.39 is 22.5 Å². The number of carbonyl (C=O) groups excluding carboxylic acids is 2. The highest BCUT2D eigenvalue weighted by molar-refractivity contribution is 6.37. The number of hydrogen-bond donors (Lipinski definition) is 1. The van der Waals surface area contributed by atoms with Crippen LogP contribution in [0.3, 0.4) is 0 Å². The van der Waals surface area contributed by atoms with Crippen molar-refractivity contribution >= 4 is 23.3 Å². The summed E-state index contributed by atoms with van der Waals surface area (Å²) in [5, 5.41) is 26.9. The van der Waals surface area contributed by atoms with Crippen molar-refractivity contribution in [2.75, 3.05) is 7.11 Å². The van der Waals surface area contributed by atoms with E-state index in [4.69, 9.17) is 0 Å². The fourth-order valence-corrected chi connectivity index (χ4v) is 2.80. The van der Waals surface area contributed by atoms with Crippen LogP contribution in [0.25, 0.3) is 0 Å². The number of nitro groups is 1. The second-order valence-electron chi connectivity index (χ2n) is 5.82. The van der Waals surface area contributed by atoms with Crippen molar-refractivity contribution < 1.29 is 24.4 Å². The second-order valence-corrected chi connectivity index (χ2v) is 5.82. The second kappa shape index (κ2) is 6.96. The molecule has 0 saturated heterocycles. The van der Waals surface area contributed by atoms with Gasteiger partial charge in [0.15, 0.2) is 11.4 Å². The zero-order valence-corrected chi connectivity index (χ0v) is 14.2. The van der Waals surface area contributed by atoms with E-state index in [1.54, 1.807) is 30.3 Å². The Morgan fingerprint density at radius 1 is 1.22 bits per heavy atom. The van der Waals surface area contributed by atoms with Gasteiger partial charge in [-0.15, -0.1) is 0 Å². The summed E-state index contributed by atoms with van der Waals surface area (Å²) in [7, 11) is 1.16. The first-order valence-electron chi connectivity index (χ1n) is 7.89. The molecule has 2 aromatic rings. The number of amides is 1. The molecular formula is C18H15N3O6. The van der Waals surface area contributed by atoms with Crippen LogP contribution in [0.15, 0.2) is 59.7 Å². The molecular weight excluding hydrogens is 354 g/mol. The summed E-state index contributed by atoms with van der Waals surface area (Å²) < 4.78 is 4.64. The number of non-ortho nitro benzene ring substituents is 1. The maximum atomic E-state index is 13.0. The number of nitrogens with zero attached hydrogens (tertiary/aromatic N) is 3. The van der Waals surface area contributed by atoms with Crippen LogP contribution in [0.4, 0.5) is 5.69 Å². The highest BCUT2D eigenvalue weighted by Crippen LogP contribution is 2.36. The van der Waals surface area contributed by atoms with E-state index in [0.717, 1.165) is 18.2 Å². The van der Waals surface area contributed by atoms with E-state index in [0.29, 0.717) is 5.56 Å². The van der Waals surface area contributed by atoms with Crippen molar-refractivity contribution in [1.29, 1.82) is 0 Å².